The van der Waals surface area contributed by atoms with Crippen LogP contribution < -0.4 is 4.57 Å². The van der Waals surface area contributed by atoms with Gasteiger partial charge in [-0.1, -0.05) is 6.92 Å². The van der Waals surface area contributed by atoms with E-state index in [0.717, 1.165) is 18.5 Å². The number of nitro benzene ring substituents is 1. The summed E-state index contributed by atoms with van der Waals surface area (Å²) in [6.07, 6.45) is 5.00. The Hall–Kier alpha value is -2.76. The predicted molar refractivity (Wildman–Crippen MR) is 76.6 cm³/mol. The molecule has 0 aliphatic heterocycles. The van der Waals surface area contributed by atoms with E-state index in [2.05, 4.69) is 16.5 Å². The topological polar surface area (TPSA) is 73.0 Å². The first-order valence-corrected chi connectivity index (χ1v) is 6.72. The molecule has 0 unspecified atom stereocenters. The molecule has 2 aromatic heterocycles. The largest absolute Gasteiger partial charge is 0.436 e. The fourth-order valence-electron chi connectivity index (χ4n) is 2.16. The number of oxazole rings is 1. The van der Waals surface area contributed by atoms with Gasteiger partial charge >= 0.3 is 0 Å². The quantitative estimate of drug-likeness (QED) is 0.419. The molecule has 0 amide bonds. The lowest BCUT2D eigenvalue weighted by molar-refractivity contribution is -0.696. The standard InChI is InChI=1S/C15H14N3O3/c1-2-7-17-8-5-11(6-9-17)15-16-13-10-12(18(19)20)3-4-14(13)21-15/h3-6,8-10H,2,7H2,1H3/q+1. The van der Waals surface area contributed by atoms with Crippen molar-refractivity contribution in [2.45, 2.75) is 19.9 Å². The second-order valence-electron chi connectivity index (χ2n) is 4.75. The van der Waals surface area contributed by atoms with Crippen LogP contribution in [0.1, 0.15) is 13.3 Å². The summed E-state index contributed by atoms with van der Waals surface area (Å²) >= 11 is 0. The SMILES string of the molecule is CCC[n+]1ccc(-c2nc3cc([N+](=O)[O-])ccc3o2)cc1. The van der Waals surface area contributed by atoms with E-state index >= 15 is 0 Å². The van der Waals surface area contributed by atoms with Crippen LogP contribution in [0.4, 0.5) is 5.69 Å². The Morgan fingerprint density at radius 2 is 2.05 bits per heavy atom. The number of hydrogen-bond acceptors (Lipinski definition) is 4. The molecular formula is C15H14N3O3+. The minimum Gasteiger partial charge on any atom is -0.436 e. The molecule has 0 saturated heterocycles. The van der Waals surface area contributed by atoms with Gasteiger partial charge < -0.3 is 4.42 Å². The van der Waals surface area contributed by atoms with Crippen molar-refractivity contribution in [3.05, 3.63) is 52.8 Å². The van der Waals surface area contributed by atoms with Crippen LogP contribution in [0.15, 0.2) is 47.1 Å². The van der Waals surface area contributed by atoms with Crippen LogP contribution in [-0.4, -0.2) is 9.91 Å². The normalized spacial score (nSPS) is 10.9. The van der Waals surface area contributed by atoms with Crippen molar-refractivity contribution < 1.29 is 13.9 Å². The molecule has 21 heavy (non-hydrogen) atoms. The Bertz CT molecular complexity index is 794. The third-order valence-corrected chi connectivity index (χ3v) is 3.20. The highest BCUT2D eigenvalue weighted by molar-refractivity contribution is 5.78. The Kier molecular flexibility index (Phi) is 3.35. The average molecular weight is 284 g/mol. The maximum Gasteiger partial charge on any atom is 0.271 e. The van der Waals surface area contributed by atoms with Gasteiger partial charge in [-0.2, -0.15) is 0 Å². The van der Waals surface area contributed by atoms with Gasteiger partial charge in [0.15, 0.2) is 18.0 Å². The summed E-state index contributed by atoms with van der Waals surface area (Å²) in [7, 11) is 0. The van der Waals surface area contributed by atoms with Crippen LogP contribution in [-0.2, 0) is 6.54 Å². The third kappa shape index (κ3) is 2.60. The molecule has 2 heterocycles. The second-order valence-corrected chi connectivity index (χ2v) is 4.75. The molecule has 0 saturated carbocycles. The molecule has 0 bridgehead atoms. The van der Waals surface area contributed by atoms with E-state index in [1.807, 2.05) is 24.5 Å². The van der Waals surface area contributed by atoms with Crippen LogP contribution in [0, 0.1) is 10.1 Å². The van der Waals surface area contributed by atoms with Gasteiger partial charge in [0.1, 0.15) is 12.1 Å². The van der Waals surface area contributed by atoms with Crippen LogP contribution in [0.25, 0.3) is 22.6 Å². The summed E-state index contributed by atoms with van der Waals surface area (Å²) in [5.41, 5.74) is 1.89. The Labute approximate surface area is 120 Å². The number of nitro groups is 1. The lowest BCUT2D eigenvalue weighted by Gasteiger charge is -1.95. The fourth-order valence-corrected chi connectivity index (χ4v) is 2.16. The number of nitrogens with zero attached hydrogens (tertiary/aromatic N) is 3. The molecule has 0 spiro atoms. The van der Waals surface area contributed by atoms with E-state index in [4.69, 9.17) is 4.42 Å². The average Bonchev–Trinajstić information content (AvgIpc) is 2.91. The lowest BCUT2D eigenvalue weighted by atomic mass is 10.2. The zero-order valence-corrected chi connectivity index (χ0v) is 11.5. The maximum absolute atomic E-state index is 10.8. The zero-order valence-electron chi connectivity index (χ0n) is 11.5. The molecule has 0 radical (unpaired) electrons. The molecule has 0 aliphatic carbocycles. The molecule has 106 valence electrons. The molecule has 0 N–H and O–H groups in total. The minimum atomic E-state index is -0.441. The summed E-state index contributed by atoms with van der Waals surface area (Å²) < 4.78 is 7.73. The summed E-state index contributed by atoms with van der Waals surface area (Å²) in [4.78, 5) is 14.6. The van der Waals surface area contributed by atoms with Gasteiger partial charge in [0.05, 0.1) is 4.92 Å². The Balaban J connectivity index is 1.98. The van der Waals surface area contributed by atoms with Gasteiger partial charge in [-0.15, -0.1) is 0 Å². The van der Waals surface area contributed by atoms with Crippen molar-refractivity contribution in [3.63, 3.8) is 0 Å². The first-order chi connectivity index (χ1) is 10.2. The number of fused-ring (bicyclic) bond motifs is 1. The van der Waals surface area contributed by atoms with Gasteiger partial charge in [-0.3, -0.25) is 10.1 Å². The predicted octanol–water partition coefficient (Wildman–Crippen LogP) is 3.10. The lowest BCUT2D eigenvalue weighted by Crippen LogP contribution is -2.31. The van der Waals surface area contributed by atoms with Gasteiger partial charge in [0, 0.05) is 36.2 Å². The summed E-state index contributed by atoms with van der Waals surface area (Å²) in [5.74, 6) is 0.467. The third-order valence-electron chi connectivity index (χ3n) is 3.20. The van der Waals surface area contributed by atoms with Crippen LogP contribution in [0.3, 0.4) is 0 Å². The number of pyridine rings is 1. The number of aryl methyl sites for hydroxylation is 1. The number of aromatic nitrogens is 2. The summed E-state index contributed by atoms with van der Waals surface area (Å²) in [6, 6.07) is 8.26. The van der Waals surface area contributed by atoms with Crippen LogP contribution in [0.2, 0.25) is 0 Å². The number of benzene rings is 1. The Morgan fingerprint density at radius 1 is 1.29 bits per heavy atom. The molecule has 6 heteroatoms. The second kappa shape index (κ2) is 5.32. The first-order valence-electron chi connectivity index (χ1n) is 6.72. The highest BCUT2D eigenvalue weighted by Crippen LogP contribution is 2.26. The van der Waals surface area contributed by atoms with Gasteiger partial charge in [-0.05, 0) is 6.07 Å². The molecule has 0 fully saturated rings. The number of hydrogen-bond donors (Lipinski definition) is 0. The number of non-ortho nitro benzene ring substituents is 1. The maximum atomic E-state index is 10.8. The van der Waals surface area contributed by atoms with Crippen molar-refractivity contribution >= 4 is 16.8 Å². The van der Waals surface area contributed by atoms with Gasteiger partial charge in [0.2, 0.25) is 5.89 Å². The summed E-state index contributed by atoms with van der Waals surface area (Å²) in [5, 5.41) is 10.8. The fraction of sp³-hybridized carbons (Fsp3) is 0.200. The monoisotopic (exact) mass is 284 g/mol. The van der Waals surface area contributed by atoms with E-state index in [0.29, 0.717) is 17.0 Å². The van der Waals surface area contributed by atoms with E-state index in [1.54, 1.807) is 6.07 Å². The van der Waals surface area contributed by atoms with E-state index in [1.165, 1.54) is 12.1 Å². The van der Waals surface area contributed by atoms with Crippen molar-refractivity contribution in [2.75, 3.05) is 0 Å². The molecule has 0 aliphatic rings. The molecule has 6 nitrogen and oxygen atoms in total. The van der Waals surface area contributed by atoms with E-state index in [-0.39, 0.29) is 5.69 Å². The van der Waals surface area contributed by atoms with Gasteiger partial charge in [0.25, 0.3) is 5.69 Å². The molecule has 3 rings (SSSR count). The molecule has 3 aromatic rings. The van der Waals surface area contributed by atoms with Crippen molar-refractivity contribution in [1.29, 1.82) is 0 Å². The van der Waals surface area contributed by atoms with Crippen molar-refractivity contribution in [3.8, 4) is 11.5 Å². The van der Waals surface area contributed by atoms with E-state index in [9.17, 15) is 10.1 Å². The molecule has 0 atom stereocenters. The zero-order chi connectivity index (χ0) is 14.8. The summed E-state index contributed by atoms with van der Waals surface area (Å²) in [6.45, 7) is 3.08. The minimum absolute atomic E-state index is 0.0104. The Morgan fingerprint density at radius 3 is 2.71 bits per heavy atom. The van der Waals surface area contributed by atoms with Gasteiger partial charge in [-0.25, -0.2) is 9.55 Å². The first kappa shape index (κ1) is 13.2. The number of rotatable bonds is 4. The smallest absolute Gasteiger partial charge is 0.271 e. The molecule has 1 aromatic carbocycles. The highest BCUT2D eigenvalue weighted by Gasteiger charge is 2.13. The van der Waals surface area contributed by atoms with Crippen LogP contribution >= 0.6 is 0 Å². The van der Waals surface area contributed by atoms with Crippen molar-refractivity contribution in [2.24, 2.45) is 0 Å². The van der Waals surface area contributed by atoms with Crippen molar-refractivity contribution in [1.82, 2.24) is 4.98 Å². The van der Waals surface area contributed by atoms with E-state index < -0.39 is 4.92 Å². The molecular weight excluding hydrogens is 270 g/mol. The van der Waals surface area contributed by atoms with Crippen LogP contribution in [0.5, 0.6) is 0 Å². The highest BCUT2D eigenvalue weighted by atomic mass is 16.6.